The smallest absolute Gasteiger partial charge is 0.410 e. The fourth-order valence-electron chi connectivity index (χ4n) is 1.14. The third-order valence-electron chi connectivity index (χ3n) is 1.87. The van der Waals surface area contributed by atoms with Gasteiger partial charge in [0.25, 0.3) is 0 Å². The molecule has 5 N–H and O–H groups in total. The first kappa shape index (κ1) is 14.1. The number of rotatable bonds is 2. The number of thiocarbonyl (C=S) groups is 2. The lowest BCUT2D eigenvalue weighted by molar-refractivity contribution is 0.200. The van der Waals surface area contributed by atoms with Gasteiger partial charge in [-0.25, -0.2) is 4.79 Å². The van der Waals surface area contributed by atoms with Crippen LogP contribution in [0.1, 0.15) is 0 Å². The van der Waals surface area contributed by atoms with Gasteiger partial charge in [-0.15, -0.1) is 0 Å². The van der Waals surface area contributed by atoms with Crippen LogP contribution in [0.25, 0.3) is 0 Å². The minimum absolute atomic E-state index is 0.00729. The number of hydrogen-bond donors (Lipinski definition) is 5. The number of hydrogen-bond acceptors (Lipinski definition) is 3. The van der Waals surface area contributed by atoms with E-state index in [9.17, 15) is 4.79 Å². The Morgan fingerprint density at radius 2 is 1.61 bits per heavy atom. The van der Waals surface area contributed by atoms with Crippen LogP contribution in [0.2, 0.25) is 0 Å². The average molecular weight is 284 g/mol. The molecule has 96 valence electrons. The first-order chi connectivity index (χ1) is 8.52. The van der Waals surface area contributed by atoms with E-state index in [2.05, 4.69) is 16.0 Å². The summed E-state index contributed by atoms with van der Waals surface area (Å²) in [6, 6.07) is 7.14. The normalized spacial score (nSPS) is 9.17. The molecule has 0 atom stereocenters. The van der Waals surface area contributed by atoms with Crippen LogP contribution in [0.3, 0.4) is 0 Å². The summed E-state index contributed by atoms with van der Waals surface area (Å²) < 4.78 is 0. The second kappa shape index (κ2) is 6.72. The van der Waals surface area contributed by atoms with E-state index in [0.717, 1.165) is 0 Å². The monoisotopic (exact) mass is 284 g/mol. The van der Waals surface area contributed by atoms with Gasteiger partial charge in [0.15, 0.2) is 10.2 Å². The summed E-state index contributed by atoms with van der Waals surface area (Å²) in [6.07, 6.45) is -1.22. The third kappa shape index (κ3) is 4.52. The molecule has 0 radical (unpaired) electrons. The summed E-state index contributed by atoms with van der Waals surface area (Å²) in [7, 11) is 1.70. The molecule has 6 nitrogen and oxygen atoms in total. The van der Waals surface area contributed by atoms with Crippen molar-refractivity contribution in [1.82, 2.24) is 10.6 Å². The van der Waals surface area contributed by atoms with Crippen LogP contribution >= 0.6 is 24.4 Å². The lowest BCUT2D eigenvalue weighted by atomic mass is 10.2. The van der Waals surface area contributed by atoms with Crippen molar-refractivity contribution in [2.24, 2.45) is 0 Å². The van der Waals surface area contributed by atoms with Gasteiger partial charge in [0.05, 0.1) is 11.4 Å². The largest absolute Gasteiger partial charge is 0.465 e. The van der Waals surface area contributed by atoms with Crippen molar-refractivity contribution in [2.45, 2.75) is 0 Å². The van der Waals surface area contributed by atoms with Crippen LogP contribution in [0.4, 0.5) is 16.2 Å². The average Bonchev–Trinajstić information content (AvgIpc) is 2.30. The fraction of sp³-hybridized carbons (Fsp3) is 0.100. The van der Waals surface area contributed by atoms with Gasteiger partial charge in [0.1, 0.15) is 0 Å². The second-order valence-electron chi connectivity index (χ2n) is 3.13. The van der Waals surface area contributed by atoms with Gasteiger partial charge in [0, 0.05) is 7.05 Å². The Balaban J connectivity index is 2.78. The molecule has 1 rings (SSSR count). The number of anilines is 2. The van der Waals surface area contributed by atoms with Gasteiger partial charge in [-0.1, -0.05) is 12.1 Å². The van der Waals surface area contributed by atoms with E-state index in [0.29, 0.717) is 16.5 Å². The van der Waals surface area contributed by atoms with Gasteiger partial charge >= 0.3 is 6.09 Å². The molecule has 8 heteroatoms. The molecule has 1 amide bonds. The number of carbonyl (C=O) groups is 1. The summed E-state index contributed by atoms with van der Waals surface area (Å²) in [4.78, 5) is 10.4. The summed E-state index contributed by atoms with van der Waals surface area (Å²) in [5.74, 6) is 0. The molecule has 1 aromatic rings. The van der Waals surface area contributed by atoms with Gasteiger partial charge in [-0.3, -0.25) is 5.32 Å². The van der Waals surface area contributed by atoms with E-state index in [1.807, 2.05) is 11.4 Å². The van der Waals surface area contributed by atoms with Crippen molar-refractivity contribution in [3.63, 3.8) is 0 Å². The Morgan fingerprint density at radius 3 is 2.06 bits per heavy atom. The van der Waals surface area contributed by atoms with Crippen LogP contribution in [0.5, 0.6) is 0 Å². The van der Waals surface area contributed by atoms with Crippen LogP contribution in [-0.2, 0) is 0 Å². The van der Waals surface area contributed by atoms with Crippen molar-refractivity contribution in [3.8, 4) is 0 Å². The standard InChI is InChI=1S/C10H12N4O2S2/c1-11-8(17)12-6-4-2-3-5-7(6)13-9(18)14-10(15)16/h2-5H,1H3,(H,15,16)(H2,11,12,17)(H2,13,14,18). The minimum atomic E-state index is -1.22. The fourth-order valence-corrected chi connectivity index (χ4v) is 1.44. The molecule has 0 unspecified atom stereocenters. The molecule has 0 spiro atoms. The lowest BCUT2D eigenvalue weighted by Crippen LogP contribution is -2.33. The highest BCUT2D eigenvalue weighted by Gasteiger charge is 2.06. The zero-order chi connectivity index (χ0) is 13.5. The molecule has 18 heavy (non-hydrogen) atoms. The quantitative estimate of drug-likeness (QED) is 0.527. The zero-order valence-corrected chi connectivity index (χ0v) is 11.1. The highest BCUT2D eigenvalue weighted by molar-refractivity contribution is 7.80. The highest BCUT2D eigenvalue weighted by Crippen LogP contribution is 2.20. The Kier molecular flexibility index (Phi) is 5.28. The highest BCUT2D eigenvalue weighted by atomic mass is 32.1. The number of nitrogens with one attached hydrogen (secondary N) is 4. The Morgan fingerprint density at radius 1 is 1.11 bits per heavy atom. The van der Waals surface area contributed by atoms with Crippen molar-refractivity contribution >= 4 is 52.1 Å². The maximum atomic E-state index is 10.4. The van der Waals surface area contributed by atoms with Gasteiger partial charge in [-0.2, -0.15) is 0 Å². The molecule has 0 aromatic heterocycles. The van der Waals surface area contributed by atoms with Crippen molar-refractivity contribution in [2.75, 3.05) is 17.7 Å². The van der Waals surface area contributed by atoms with Crippen molar-refractivity contribution in [1.29, 1.82) is 0 Å². The molecule has 0 aliphatic rings. The molecular formula is C10H12N4O2S2. The SMILES string of the molecule is CNC(=S)Nc1ccccc1NC(=S)NC(=O)O. The molecule has 0 saturated carbocycles. The topological polar surface area (TPSA) is 85.4 Å². The Labute approximate surface area is 115 Å². The van der Waals surface area contributed by atoms with Crippen LogP contribution < -0.4 is 21.3 Å². The first-order valence-electron chi connectivity index (χ1n) is 4.91. The number of amides is 1. The Hall–Kier alpha value is -1.93. The van der Waals surface area contributed by atoms with Gasteiger partial charge in [0.2, 0.25) is 0 Å². The molecule has 0 fully saturated rings. The number of para-hydroxylation sites is 2. The second-order valence-corrected chi connectivity index (χ2v) is 3.95. The Bertz CT molecular complexity index is 479. The summed E-state index contributed by atoms with van der Waals surface area (Å²) >= 11 is 9.82. The third-order valence-corrected chi connectivity index (χ3v) is 2.38. The number of carboxylic acid groups (broad SMARTS) is 1. The first-order valence-corrected chi connectivity index (χ1v) is 5.73. The lowest BCUT2D eigenvalue weighted by Gasteiger charge is -2.14. The van der Waals surface area contributed by atoms with Crippen molar-refractivity contribution in [3.05, 3.63) is 24.3 Å². The van der Waals surface area contributed by atoms with E-state index < -0.39 is 6.09 Å². The molecule has 0 aliphatic heterocycles. The van der Waals surface area contributed by atoms with Crippen molar-refractivity contribution < 1.29 is 9.90 Å². The molecule has 1 aromatic carbocycles. The summed E-state index contributed by atoms with van der Waals surface area (Å²) in [5, 5.41) is 19.5. The maximum Gasteiger partial charge on any atom is 0.410 e. The van der Waals surface area contributed by atoms with Crippen LogP contribution in [0, 0.1) is 0 Å². The van der Waals surface area contributed by atoms with Crippen LogP contribution in [0.15, 0.2) is 24.3 Å². The molecule has 0 aliphatic carbocycles. The number of benzene rings is 1. The minimum Gasteiger partial charge on any atom is -0.465 e. The molecule has 0 saturated heterocycles. The predicted molar refractivity (Wildman–Crippen MR) is 79.1 cm³/mol. The van der Waals surface area contributed by atoms with E-state index in [-0.39, 0.29) is 5.11 Å². The summed E-state index contributed by atoms with van der Waals surface area (Å²) in [6.45, 7) is 0. The summed E-state index contributed by atoms with van der Waals surface area (Å²) in [5.41, 5.74) is 1.31. The van der Waals surface area contributed by atoms with E-state index in [1.54, 1.807) is 25.2 Å². The van der Waals surface area contributed by atoms with Crippen LogP contribution in [-0.4, -0.2) is 28.5 Å². The molecule has 0 bridgehead atoms. The predicted octanol–water partition coefficient (Wildman–Crippen LogP) is 1.57. The maximum absolute atomic E-state index is 10.4. The molecular weight excluding hydrogens is 272 g/mol. The van der Waals surface area contributed by atoms with Gasteiger partial charge in [-0.05, 0) is 36.6 Å². The van der Waals surface area contributed by atoms with Gasteiger partial charge < -0.3 is 21.1 Å². The molecule has 0 heterocycles. The van der Waals surface area contributed by atoms with E-state index in [4.69, 9.17) is 29.5 Å². The van der Waals surface area contributed by atoms with E-state index >= 15 is 0 Å². The van der Waals surface area contributed by atoms with E-state index in [1.165, 1.54) is 0 Å². The zero-order valence-electron chi connectivity index (χ0n) is 9.48.